The van der Waals surface area contributed by atoms with Crippen molar-refractivity contribution in [3.8, 4) is 0 Å². The third kappa shape index (κ3) is 5.43. The van der Waals surface area contributed by atoms with Gasteiger partial charge in [-0.05, 0) is 30.5 Å². The molecule has 2 nitrogen and oxygen atoms in total. The molecule has 0 unspecified atom stereocenters. The molecule has 0 atom stereocenters. The quantitative estimate of drug-likeness (QED) is 0.407. The SMILES string of the molecule is CCCCC=NOCc1cccc(Cl)c1. The number of oxime groups is 1. The van der Waals surface area contributed by atoms with Crippen LogP contribution in [0.4, 0.5) is 0 Å². The molecule has 0 aliphatic rings. The maximum atomic E-state index is 5.83. The smallest absolute Gasteiger partial charge is 0.142 e. The molecule has 0 radical (unpaired) electrons. The van der Waals surface area contributed by atoms with E-state index < -0.39 is 0 Å². The molecule has 15 heavy (non-hydrogen) atoms. The topological polar surface area (TPSA) is 21.6 Å². The Morgan fingerprint density at radius 3 is 3.07 bits per heavy atom. The standard InChI is InChI=1S/C12H16ClNO/c1-2-3-4-8-14-15-10-11-6-5-7-12(13)9-11/h5-9H,2-4,10H2,1H3. The zero-order valence-corrected chi connectivity index (χ0v) is 9.70. The van der Waals surface area contributed by atoms with Crippen LogP contribution in [-0.4, -0.2) is 6.21 Å². The summed E-state index contributed by atoms with van der Waals surface area (Å²) in [6.07, 6.45) is 5.13. The van der Waals surface area contributed by atoms with Crippen molar-refractivity contribution >= 4 is 17.8 Å². The van der Waals surface area contributed by atoms with Crippen LogP contribution in [0.25, 0.3) is 0 Å². The summed E-state index contributed by atoms with van der Waals surface area (Å²) in [5, 5.41) is 4.59. The van der Waals surface area contributed by atoms with Gasteiger partial charge in [0.25, 0.3) is 0 Å². The van der Waals surface area contributed by atoms with Gasteiger partial charge in [0.15, 0.2) is 0 Å². The van der Waals surface area contributed by atoms with Gasteiger partial charge in [-0.15, -0.1) is 0 Å². The van der Waals surface area contributed by atoms with Crippen LogP contribution in [0.1, 0.15) is 31.7 Å². The number of nitrogens with zero attached hydrogens (tertiary/aromatic N) is 1. The number of halogens is 1. The summed E-state index contributed by atoms with van der Waals surface area (Å²) in [4.78, 5) is 5.13. The van der Waals surface area contributed by atoms with Crippen LogP contribution < -0.4 is 0 Å². The van der Waals surface area contributed by atoms with E-state index in [0.717, 1.165) is 23.4 Å². The van der Waals surface area contributed by atoms with Gasteiger partial charge >= 0.3 is 0 Å². The van der Waals surface area contributed by atoms with Crippen molar-refractivity contribution in [2.24, 2.45) is 5.16 Å². The van der Waals surface area contributed by atoms with E-state index in [-0.39, 0.29) is 0 Å². The van der Waals surface area contributed by atoms with E-state index in [1.807, 2.05) is 30.5 Å². The van der Waals surface area contributed by atoms with Gasteiger partial charge in [0.05, 0.1) is 0 Å². The lowest BCUT2D eigenvalue weighted by atomic mass is 10.2. The Hall–Kier alpha value is -1.02. The van der Waals surface area contributed by atoms with Crippen LogP contribution in [0, 0.1) is 0 Å². The Labute approximate surface area is 95.9 Å². The van der Waals surface area contributed by atoms with Crippen molar-refractivity contribution in [1.82, 2.24) is 0 Å². The highest BCUT2D eigenvalue weighted by molar-refractivity contribution is 6.30. The molecule has 1 aromatic carbocycles. The summed E-state index contributed by atoms with van der Waals surface area (Å²) >= 11 is 5.83. The summed E-state index contributed by atoms with van der Waals surface area (Å²) in [5.41, 5.74) is 1.04. The van der Waals surface area contributed by atoms with Crippen LogP contribution >= 0.6 is 11.6 Å². The van der Waals surface area contributed by atoms with Crippen LogP contribution in [0.2, 0.25) is 5.02 Å². The Balaban J connectivity index is 2.22. The van der Waals surface area contributed by atoms with E-state index in [2.05, 4.69) is 12.1 Å². The number of rotatable bonds is 6. The monoisotopic (exact) mass is 225 g/mol. The first-order valence-corrected chi connectivity index (χ1v) is 5.59. The van der Waals surface area contributed by atoms with Crippen LogP contribution in [0.5, 0.6) is 0 Å². The lowest BCUT2D eigenvalue weighted by Crippen LogP contribution is -1.87. The molecule has 0 spiro atoms. The summed E-state index contributed by atoms with van der Waals surface area (Å²) in [6, 6.07) is 7.59. The predicted octanol–water partition coefficient (Wildman–Crippen LogP) is 4.03. The molecule has 0 heterocycles. The number of unbranched alkanes of at least 4 members (excludes halogenated alkanes) is 2. The Morgan fingerprint density at radius 1 is 1.47 bits per heavy atom. The molecule has 0 N–H and O–H groups in total. The van der Waals surface area contributed by atoms with E-state index in [0.29, 0.717) is 6.61 Å². The molecular formula is C12H16ClNO. The van der Waals surface area contributed by atoms with Gasteiger partial charge in [-0.3, -0.25) is 0 Å². The molecule has 0 aliphatic carbocycles. The highest BCUT2D eigenvalue weighted by Gasteiger charge is 1.93. The largest absolute Gasteiger partial charge is 0.391 e. The van der Waals surface area contributed by atoms with Crippen molar-refractivity contribution in [2.75, 3.05) is 0 Å². The van der Waals surface area contributed by atoms with Crippen molar-refractivity contribution < 1.29 is 4.84 Å². The number of hydrogen-bond donors (Lipinski definition) is 0. The van der Waals surface area contributed by atoms with Crippen molar-refractivity contribution in [3.05, 3.63) is 34.9 Å². The molecule has 82 valence electrons. The average molecular weight is 226 g/mol. The second-order valence-corrected chi connectivity index (χ2v) is 3.77. The Kier molecular flexibility index (Phi) is 5.86. The highest BCUT2D eigenvalue weighted by Crippen LogP contribution is 2.11. The molecule has 0 aromatic heterocycles. The molecule has 0 saturated carbocycles. The summed E-state index contributed by atoms with van der Waals surface area (Å²) in [7, 11) is 0. The molecule has 3 heteroatoms. The van der Waals surface area contributed by atoms with Crippen molar-refractivity contribution in [2.45, 2.75) is 32.8 Å². The van der Waals surface area contributed by atoms with E-state index >= 15 is 0 Å². The fourth-order valence-electron chi connectivity index (χ4n) is 1.14. The molecule has 1 aromatic rings. The fraction of sp³-hybridized carbons (Fsp3) is 0.417. The zero-order valence-electron chi connectivity index (χ0n) is 8.95. The molecule has 0 aliphatic heterocycles. The molecule has 0 fully saturated rings. The van der Waals surface area contributed by atoms with Crippen LogP contribution in [0.3, 0.4) is 0 Å². The summed E-state index contributed by atoms with van der Waals surface area (Å²) in [5.74, 6) is 0. The number of hydrogen-bond acceptors (Lipinski definition) is 2. The first kappa shape index (κ1) is 12.1. The Morgan fingerprint density at radius 2 is 2.33 bits per heavy atom. The maximum Gasteiger partial charge on any atom is 0.142 e. The van der Waals surface area contributed by atoms with E-state index in [1.54, 1.807) is 0 Å². The van der Waals surface area contributed by atoms with E-state index in [4.69, 9.17) is 16.4 Å². The molecule has 0 amide bonds. The first-order valence-electron chi connectivity index (χ1n) is 5.21. The zero-order chi connectivity index (χ0) is 10.9. The highest BCUT2D eigenvalue weighted by atomic mass is 35.5. The van der Waals surface area contributed by atoms with Gasteiger partial charge in [0.1, 0.15) is 6.61 Å². The third-order valence-corrected chi connectivity index (χ3v) is 2.19. The van der Waals surface area contributed by atoms with Gasteiger partial charge in [-0.2, -0.15) is 0 Å². The third-order valence-electron chi connectivity index (χ3n) is 1.96. The van der Waals surface area contributed by atoms with Gasteiger partial charge in [0, 0.05) is 11.2 Å². The van der Waals surface area contributed by atoms with Gasteiger partial charge in [-0.1, -0.05) is 42.2 Å². The van der Waals surface area contributed by atoms with Gasteiger partial charge < -0.3 is 4.84 Å². The van der Waals surface area contributed by atoms with Gasteiger partial charge in [0.2, 0.25) is 0 Å². The summed E-state index contributed by atoms with van der Waals surface area (Å²) < 4.78 is 0. The lowest BCUT2D eigenvalue weighted by molar-refractivity contribution is 0.131. The van der Waals surface area contributed by atoms with E-state index in [1.165, 1.54) is 6.42 Å². The lowest BCUT2D eigenvalue weighted by Gasteiger charge is -1.99. The summed E-state index contributed by atoms with van der Waals surface area (Å²) in [6.45, 7) is 2.63. The average Bonchev–Trinajstić information content (AvgIpc) is 2.23. The minimum absolute atomic E-state index is 0.475. The Bertz CT molecular complexity index is 312. The van der Waals surface area contributed by atoms with E-state index in [9.17, 15) is 0 Å². The van der Waals surface area contributed by atoms with Crippen molar-refractivity contribution in [1.29, 1.82) is 0 Å². The molecular weight excluding hydrogens is 210 g/mol. The van der Waals surface area contributed by atoms with Crippen LogP contribution in [0.15, 0.2) is 29.4 Å². The molecule has 1 rings (SSSR count). The minimum Gasteiger partial charge on any atom is -0.391 e. The maximum absolute atomic E-state index is 5.83. The second-order valence-electron chi connectivity index (χ2n) is 3.33. The fourth-order valence-corrected chi connectivity index (χ4v) is 1.35. The molecule has 0 bridgehead atoms. The minimum atomic E-state index is 0.475. The predicted molar refractivity (Wildman–Crippen MR) is 64.3 cm³/mol. The van der Waals surface area contributed by atoms with Crippen molar-refractivity contribution in [3.63, 3.8) is 0 Å². The van der Waals surface area contributed by atoms with Crippen LogP contribution in [-0.2, 0) is 11.4 Å². The number of benzene rings is 1. The molecule has 0 saturated heterocycles. The van der Waals surface area contributed by atoms with Gasteiger partial charge in [-0.25, -0.2) is 0 Å². The first-order chi connectivity index (χ1) is 7.33. The normalized spacial score (nSPS) is 10.8. The second kappa shape index (κ2) is 7.30.